The molecule has 3 atom stereocenters. The van der Waals surface area contributed by atoms with Gasteiger partial charge in [0.05, 0.1) is 46.4 Å². The van der Waals surface area contributed by atoms with Gasteiger partial charge in [-0.3, -0.25) is 34.0 Å². The molecule has 298 valence electrons. The topological polar surface area (TPSA) is 193 Å². The number of nitrogens with zero attached hydrogens (tertiary/aromatic N) is 3. The molecule has 2 aromatic heterocycles. The highest BCUT2D eigenvalue weighted by atomic mass is 16.6. The Kier molecular flexibility index (Phi) is 11.9. The van der Waals surface area contributed by atoms with Crippen LogP contribution in [0.15, 0.2) is 120 Å². The lowest BCUT2D eigenvalue weighted by Gasteiger charge is -2.37. The van der Waals surface area contributed by atoms with Crippen molar-refractivity contribution in [1.29, 1.82) is 0 Å². The lowest BCUT2D eigenvalue weighted by atomic mass is 9.80. The van der Waals surface area contributed by atoms with Crippen LogP contribution in [0.2, 0.25) is 0 Å². The summed E-state index contributed by atoms with van der Waals surface area (Å²) in [7, 11) is 3.17. The summed E-state index contributed by atoms with van der Waals surface area (Å²) in [5.74, 6) is -1.05. The van der Waals surface area contributed by atoms with Gasteiger partial charge in [-0.2, -0.15) is 4.98 Å². The van der Waals surface area contributed by atoms with Crippen molar-refractivity contribution in [3.05, 3.63) is 148 Å². The molecule has 1 saturated heterocycles. The van der Waals surface area contributed by atoms with Crippen molar-refractivity contribution in [1.82, 2.24) is 19.5 Å². The first-order valence-electron chi connectivity index (χ1n) is 18.5. The first kappa shape index (κ1) is 39.4. The molecule has 0 spiro atoms. The molecule has 7 rings (SSSR count). The van der Waals surface area contributed by atoms with Crippen molar-refractivity contribution in [2.45, 2.75) is 49.7 Å². The molecule has 0 radical (unpaired) electrons. The molecule has 0 aliphatic carbocycles. The van der Waals surface area contributed by atoms with Crippen LogP contribution in [0.25, 0.3) is 11.2 Å². The summed E-state index contributed by atoms with van der Waals surface area (Å²) in [6.07, 6.45) is -1.94. The van der Waals surface area contributed by atoms with E-state index in [0.717, 1.165) is 22.3 Å². The van der Waals surface area contributed by atoms with Gasteiger partial charge in [0.1, 0.15) is 35.5 Å². The predicted molar refractivity (Wildman–Crippen MR) is 210 cm³/mol. The molecule has 15 heteroatoms. The van der Waals surface area contributed by atoms with Crippen molar-refractivity contribution in [3.8, 4) is 11.5 Å². The lowest BCUT2D eigenvalue weighted by Crippen LogP contribution is -2.39. The Balaban J connectivity index is 1.23. The van der Waals surface area contributed by atoms with Gasteiger partial charge >= 0.3 is 11.9 Å². The molecule has 58 heavy (non-hydrogen) atoms. The number of ether oxygens (including phenoxy) is 5. The van der Waals surface area contributed by atoms with E-state index in [2.05, 4.69) is 20.3 Å². The number of H-pyrrole nitrogens is 1. The van der Waals surface area contributed by atoms with Gasteiger partial charge in [0.15, 0.2) is 11.2 Å². The molecule has 4 aromatic carbocycles. The molecular formula is C43H41N5O10. The van der Waals surface area contributed by atoms with Gasteiger partial charge in [-0.25, -0.2) is 4.98 Å². The molecule has 0 bridgehead atoms. The maximum atomic E-state index is 13.1. The van der Waals surface area contributed by atoms with Crippen molar-refractivity contribution >= 4 is 35.0 Å². The molecule has 1 aliphatic heterocycles. The maximum absolute atomic E-state index is 13.1. The van der Waals surface area contributed by atoms with Gasteiger partial charge in [-0.15, -0.1) is 0 Å². The number of imidazole rings is 1. The Labute approximate surface area is 332 Å². The minimum Gasteiger partial charge on any atom is -0.497 e. The molecule has 1 aliphatic rings. The second kappa shape index (κ2) is 17.5. The van der Waals surface area contributed by atoms with Crippen LogP contribution in [0.4, 0.5) is 5.95 Å². The van der Waals surface area contributed by atoms with Crippen molar-refractivity contribution in [2.24, 2.45) is 0 Å². The zero-order valence-corrected chi connectivity index (χ0v) is 31.7. The fourth-order valence-corrected chi connectivity index (χ4v) is 7.02. The van der Waals surface area contributed by atoms with Crippen LogP contribution >= 0.6 is 0 Å². The molecule has 0 saturated carbocycles. The summed E-state index contributed by atoms with van der Waals surface area (Å²) < 4.78 is 32.0. The van der Waals surface area contributed by atoms with Gasteiger partial charge in [0.2, 0.25) is 11.9 Å². The van der Waals surface area contributed by atoms with E-state index < -0.39 is 53.9 Å². The van der Waals surface area contributed by atoms with Crippen LogP contribution < -0.4 is 20.3 Å². The number of amides is 1. The molecule has 0 unspecified atom stereocenters. The number of fused-ring (bicyclic) bond motifs is 1. The summed E-state index contributed by atoms with van der Waals surface area (Å²) in [5, 5.41) is 11.9. The number of aromatic amines is 1. The number of carboxylic acids is 1. The van der Waals surface area contributed by atoms with Crippen LogP contribution in [0, 0.1) is 0 Å². The van der Waals surface area contributed by atoms with Gasteiger partial charge in [0.25, 0.3) is 5.56 Å². The summed E-state index contributed by atoms with van der Waals surface area (Å²) in [6.45, 7) is -0.123. The number of esters is 1. The number of rotatable bonds is 16. The van der Waals surface area contributed by atoms with Crippen molar-refractivity contribution in [2.75, 3.05) is 26.1 Å². The fourth-order valence-electron chi connectivity index (χ4n) is 7.02. The molecular weight excluding hydrogens is 746 g/mol. The molecule has 1 fully saturated rings. The quantitative estimate of drug-likeness (QED) is 0.0838. The van der Waals surface area contributed by atoms with Gasteiger partial charge in [0, 0.05) is 6.42 Å². The number of carbonyl (C=O) groups is 3. The highest BCUT2D eigenvalue weighted by molar-refractivity contribution is 5.91. The summed E-state index contributed by atoms with van der Waals surface area (Å²) in [4.78, 5) is 61.8. The number of aromatic nitrogens is 4. The third kappa shape index (κ3) is 8.60. The highest BCUT2D eigenvalue weighted by Crippen LogP contribution is 2.43. The van der Waals surface area contributed by atoms with E-state index in [1.807, 2.05) is 109 Å². The number of carbonyl (C=O) groups excluding carboxylic acids is 2. The van der Waals surface area contributed by atoms with Crippen LogP contribution in [0.5, 0.6) is 11.5 Å². The van der Waals surface area contributed by atoms with Gasteiger partial charge < -0.3 is 28.8 Å². The van der Waals surface area contributed by atoms with Gasteiger partial charge in [-0.05, 0) is 46.5 Å². The number of hydrogen-bond acceptors (Lipinski definition) is 11. The average Bonchev–Trinajstić information content (AvgIpc) is 3.85. The molecule has 3 N–H and O–H groups in total. The van der Waals surface area contributed by atoms with Crippen molar-refractivity contribution in [3.63, 3.8) is 0 Å². The van der Waals surface area contributed by atoms with E-state index in [1.165, 1.54) is 10.9 Å². The van der Waals surface area contributed by atoms with E-state index >= 15 is 0 Å². The van der Waals surface area contributed by atoms with Crippen LogP contribution in [-0.2, 0) is 40.6 Å². The Hall–Kier alpha value is -6.84. The van der Waals surface area contributed by atoms with E-state index in [1.54, 1.807) is 14.2 Å². The van der Waals surface area contributed by atoms with Crippen LogP contribution in [-0.4, -0.2) is 75.5 Å². The number of carboxylic acid groups (broad SMARTS) is 1. The lowest BCUT2D eigenvalue weighted by molar-refractivity contribution is -0.157. The molecule has 6 aromatic rings. The fraction of sp³-hybridized carbons (Fsp3) is 0.256. The number of aliphatic carboxylic acids is 1. The third-order valence-corrected chi connectivity index (χ3v) is 9.85. The standard InChI is InChI=1S/C43H41N5O10/c1-54-31-17-13-29(14-18-31)43(28-11-7-4-8-12-28,30-15-19-32(55-2)20-16-30)56-25-34-33(58-38(52)22-21-37(50)51)24-36(57-34)48-26-44-39-40(48)46-42(47-41(39)53)45-35(49)23-27-9-5-3-6-10-27/h3-20,26,33-34,36H,21-25H2,1-2H3,(H,50,51)(H2,45,46,47,49,53)/t33-,34+,36+/m0/s1. The zero-order chi connectivity index (χ0) is 40.6. The van der Waals surface area contributed by atoms with Gasteiger partial charge in [-0.1, -0.05) is 84.9 Å². The Morgan fingerprint density at radius 3 is 2.07 bits per heavy atom. The molecule has 1 amide bonds. The molecule has 15 nitrogen and oxygen atoms in total. The second-order valence-corrected chi connectivity index (χ2v) is 13.6. The minimum absolute atomic E-state index is 0.00136. The summed E-state index contributed by atoms with van der Waals surface area (Å²) >= 11 is 0. The monoisotopic (exact) mass is 787 g/mol. The number of anilines is 1. The Morgan fingerprint density at radius 2 is 1.47 bits per heavy atom. The van der Waals surface area contributed by atoms with E-state index in [0.29, 0.717) is 11.5 Å². The summed E-state index contributed by atoms with van der Waals surface area (Å²) in [6, 6.07) is 33.8. The zero-order valence-electron chi connectivity index (χ0n) is 31.7. The number of benzene rings is 4. The third-order valence-electron chi connectivity index (χ3n) is 9.85. The highest BCUT2D eigenvalue weighted by Gasteiger charge is 2.44. The number of hydrogen-bond donors (Lipinski definition) is 3. The van der Waals surface area contributed by atoms with E-state index in [9.17, 15) is 24.3 Å². The Morgan fingerprint density at radius 1 is 0.862 bits per heavy atom. The largest absolute Gasteiger partial charge is 0.497 e. The SMILES string of the molecule is COc1ccc(C(OC[C@H]2O[C@@H](n3cnc4c(=O)[nH]c(NC(=O)Cc5ccccc5)nc43)C[C@@H]2OC(=O)CCC(=O)O)(c2ccccc2)c2ccc(OC)cc2)cc1. The Bertz CT molecular complexity index is 2370. The predicted octanol–water partition coefficient (Wildman–Crippen LogP) is 5.39. The summed E-state index contributed by atoms with van der Waals surface area (Å²) in [5.41, 5.74) is 1.40. The van der Waals surface area contributed by atoms with Crippen LogP contribution in [0.1, 0.15) is 47.7 Å². The number of methoxy groups -OCH3 is 2. The first-order valence-corrected chi connectivity index (χ1v) is 18.5. The van der Waals surface area contributed by atoms with E-state index in [-0.39, 0.29) is 43.0 Å². The van der Waals surface area contributed by atoms with E-state index in [4.69, 9.17) is 23.7 Å². The van der Waals surface area contributed by atoms with Crippen LogP contribution in [0.3, 0.4) is 0 Å². The normalized spacial score (nSPS) is 16.5. The average molecular weight is 788 g/mol. The van der Waals surface area contributed by atoms with Crippen molar-refractivity contribution < 1.29 is 43.2 Å². The first-order chi connectivity index (χ1) is 28.2. The second-order valence-electron chi connectivity index (χ2n) is 13.6. The number of nitrogens with one attached hydrogen (secondary N) is 2. The molecule has 3 heterocycles. The maximum Gasteiger partial charge on any atom is 0.306 e. The minimum atomic E-state index is -1.23. The smallest absolute Gasteiger partial charge is 0.306 e.